The fourth-order valence-electron chi connectivity index (χ4n) is 4.25. The molecule has 1 amide bonds. The first-order valence-corrected chi connectivity index (χ1v) is 12.0. The molecule has 1 aromatic rings. The molecule has 1 aliphatic heterocycles. The third-order valence-corrected chi connectivity index (χ3v) is 8.37. The van der Waals surface area contributed by atoms with Gasteiger partial charge >= 0.3 is 0 Å². The maximum atomic E-state index is 12.8. The van der Waals surface area contributed by atoms with E-state index in [1.54, 1.807) is 18.2 Å². The van der Waals surface area contributed by atoms with Crippen molar-refractivity contribution < 1.29 is 18.1 Å². The Balaban J connectivity index is 1.56. The summed E-state index contributed by atoms with van der Waals surface area (Å²) in [4.78, 5) is 14.1. The summed E-state index contributed by atoms with van der Waals surface area (Å²) in [5.41, 5.74) is 0. The Hall–Kier alpha value is -1.15. The second-order valence-electron chi connectivity index (χ2n) is 8.12. The smallest absolute Gasteiger partial charge is 0.278 e. The molecule has 3 rings (SSSR count). The summed E-state index contributed by atoms with van der Waals surface area (Å²) in [5.74, 6) is 0.611. The van der Waals surface area contributed by atoms with Crippen molar-refractivity contribution in [3.05, 3.63) is 29.3 Å². The first kappa shape index (κ1) is 21.6. The average Bonchev–Trinajstić information content (AvgIpc) is 2.69. The summed E-state index contributed by atoms with van der Waals surface area (Å²) < 4.78 is 27.2. The number of nitrogens with zero attached hydrogens (tertiary/aromatic N) is 1. The molecule has 156 valence electrons. The average molecular weight is 429 g/mol. The summed E-state index contributed by atoms with van der Waals surface area (Å²) in [5, 5.41) is 3.64. The van der Waals surface area contributed by atoms with Gasteiger partial charge in [-0.25, -0.2) is 8.42 Å². The van der Waals surface area contributed by atoms with Gasteiger partial charge in [0.25, 0.3) is 5.91 Å². The topological polar surface area (TPSA) is 70.9 Å². The molecule has 2 fully saturated rings. The van der Waals surface area contributed by atoms with Gasteiger partial charge in [-0.15, -0.1) is 0 Å². The number of halogens is 1. The predicted octanol–water partition coefficient (Wildman–Crippen LogP) is 1.31. The molecule has 6 nitrogen and oxygen atoms in total. The van der Waals surface area contributed by atoms with Gasteiger partial charge in [0.2, 0.25) is 10.0 Å². The van der Waals surface area contributed by atoms with Gasteiger partial charge in [-0.3, -0.25) is 4.79 Å². The van der Waals surface area contributed by atoms with Crippen LogP contribution in [0.4, 0.5) is 0 Å². The Morgan fingerprint density at radius 1 is 1.25 bits per heavy atom. The number of hydrogen-bond donors (Lipinski definition) is 2. The highest BCUT2D eigenvalue weighted by atomic mass is 35.5. The first-order chi connectivity index (χ1) is 13.3. The molecule has 1 heterocycles. The summed E-state index contributed by atoms with van der Waals surface area (Å²) in [7, 11) is -3.55. The number of quaternary nitrogens is 1. The van der Waals surface area contributed by atoms with E-state index in [1.807, 2.05) is 6.92 Å². The zero-order valence-electron chi connectivity index (χ0n) is 16.7. The van der Waals surface area contributed by atoms with Crippen LogP contribution >= 0.6 is 11.6 Å². The van der Waals surface area contributed by atoms with Crippen LogP contribution in [-0.2, 0) is 14.8 Å². The van der Waals surface area contributed by atoms with Crippen LogP contribution in [0.3, 0.4) is 0 Å². The van der Waals surface area contributed by atoms with E-state index in [4.69, 9.17) is 11.6 Å². The number of piperazine rings is 1. The fourth-order valence-corrected chi connectivity index (χ4v) is 5.99. The molecule has 3 atom stereocenters. The predicted molar refractivity (Wildman–Crippen MR) is 110 cm³/mol. The molecule has 28 heavy (non-hydrogen) atoms. The van der Waals surface area contributed by atoms with Gasteiger partial charge in [-0.2, -0.15) is 4.31 Å². The highest BCUT2D eigenvalue weighted by Gasteiger charge is 2.35. The molecule has 1 aliphatic carbocycles. The number of carbonyl (C=O) groups is 1. The summed E-state index contributed by atoms with van der Waals surface area (Å²) in [6, 6.07) is 6.46. The molecule has 0 unspecified atom stereocenters. The molecular formula is C20H31ClN3O3S+. The maximum absolute atomic E-state index is 12.8. The zero-order chi connectivity index (χ0) is 20.3. The van der Waals surface area contributed by atoms with Crippen LogP contribution in [0.15, 0.2) is 29.2 Å². The molecule has 0 spiro atoms. The second-order valence-corrected chi connectivity index (χ2v) is 10.5. The second kappa shape index (κ2) is 9.11. The van der Waals surface area contributed by atoms with Crippen LogP contribution in [0, 0.1) is 5.92 Å². The summed E-state index contributed by atoms with van der Waals surface area (Å²) in [6.07, 6.45) is 4.65. The SMILES string of the molecule is C[C@H](C(=O)N[C@@H]1CCCC[C@@H]1C)[NH+]1CCN(S(=O)(=O)c2cccc(Cl)c2)CC1. The van der Waals surface area contributed by atoms with Gasteiger partial charge in [0.15, 0.2) is 6.04 Å². The van der Waals surface area contributed by atoms with Gasteiger partial charge < -0.3 is 10.2 Å². The largest absolute Gasteiger partial charge is 0.348 e. The Morgan fingerprint density at radius 3 is 2.57 bits per heavy atom. The zero-order valence-corrected chi connectivity index (χ0v) is 18.2. The monoisotopic (exact) mass is 428 g/mol. The molecular weight excluding hydrogens is 398 g/mol. The Bertz CT molecular complexity index is 794. The number of hydrogen-bond acceptors (Lipinski definition) is 3. The van der Waals surface area contributed by atoms with Gasteiger partial charge in [0.1, 0.15) is 0 Å². The van der Waals surface area contributed by atoms with Gasteiger partial charge in [0.05, 0.1) is 31.1 Å². The van der Waals surface area contributed by atoms with E-state index in [0.717, 1.165) is 11.3 Å². The molecule has 0 radical (unpaired) electrons. The Morgan fingerprint density at radius 2 is 1.93 bits per heavy atom. The number of amides is 1. The molecule has 2 N–H and O–H groups in total. The lowest BCUT2D eigenvalue weighted by Crippen LogP contribution is -3.19. The fraction of sp³-hybridized carbons (Fsp3) is 0.650. The first-order valence-electron chi connectivity index (χ1n) is 10.2. The minimum Gasteiger partial charge on any atom is -0.348 e. The summed E-state index contributed by atoms with van der Waals surface area (Å²) in [6.45, 7) is 6.20. The Labute approximate surface area is 173 Å². The van der Waals surface area contributed by atoms with E-state index in [0.29, 0.717) is 37.1 Å². The molecule has 0 aromatic heterocycles. The Kier molecular flexibility index (Phi) is 7.02. The molecule has 1 saturated heterocycles. The lowest BCUT2D eigenvalue weighted by Gasteiger charge is -2.35. The van der Waals surface area contributed by atoms with Crippen molar-refractivity contribution in [3.63, 3.8) is 0 Å². The van der Waals surface area contributed by atoms with Gasteiger partial charge in [-0.05, 0) is 43.9 Å². The van der Waals surface area contributed by atoms with Crippen LogP contribution in [-0.4, -0.2) is 56.9 Å². The van der Waals surface area contributed by atoms with Crippen molar-refractivity contribution >= 4 is 27.5 Å². The van der Waals surface area contributed by atoms with Crippen LogP contribution in [0.25, 0.3) is 0 Å². The molecule has 2 aliphatic rings. The van der Waals surface area contributed by atoms with E-state index in [9.17, 15) is 13.2 Å². The van der Waals surface area contributed by atoms with Crippen molar-refractivity contribution in [2.24, 2.45) is 5.92 Å². The normalized spacial score (nSPS) is 26.0. The van der Waals surface area contributed by atoms with Crippen molar-refractivity contribution in [3.8, 4) is 0 Å². The number of nitrogens with one attached hydrogen (secondary N) is 2. The van der Waals surface area contributed by atoms with Crippen molar-refractivity contribution in [2.45, 2.75) is 56.5 Å². The minimum atomic E-state index is -3.55. The number of benzene rings is 1. The lowest BCUT2D eigenvalue weighted by molar-refractivity contribution is -0.917. The van der Waals surface area contributed by atoms with Crippen LogP contribution in [0.1, 0.15) is 39.5 Å². The third-order valence-electron chi connectivity index (χ3n) is 6.24. The molecule has 1 aromatic carbocycles. The standard InChI is InChI=1S/C20H30ClN3O3S/c1-15-6-3-4-9-19(15)22-20(25)16(2)23-10-12-24(13-11-23)28(26,27)18-8-5-7-17(21)14-18/h5,7-8,14-16,19H,3-4,6,9-13H2,1-2H3,(H,22,25)/p+1/t15-,16+,19+/m0/s1. The third kappa shape index (κ3) is 4.87. The van der Waals surface area contributed by atoms with E-state index in [2.05, 4.69) is 12.2 Å². The van der Waals surface area contributed by atoms with Crippen molar-refractivity contribution in [2.75, 3.05) is 26.2 Å². The van der Waals surface area contributed by atoms with Crippen LogP contribution < -0.4 is 10.2 Å². The highest BCUT2D eigenvalue weighted by molar-refractivity contribution is 7.89. The molecule has 1 saturated carbocycles. The minimum absolute atomic E-state index is 0.0832. The van der Waals surface area contributed by atoms with Crippen LogP contribution in [0.5, 0.6) is 0 Å². The number of rotatable bonds is 5. The van der Waals surface area contributed by atoms with E-state index < -0.39 is 10.0 Å². The number of carbonyl (C=O) groups excluding carboxylic acids is 1. The van der Waals surface area contributed by atoms with E-state index in [-0.39, 0.29) is 22.9 Å². The summed E-state index contributed by atoms with van der Waals surface area (Å²) >= 11 is 5.95. The van der Waals surface area contributed by atoms with Crippen molar-refractivity contribution in [1.82, 2.24) is 9.62 Å². The molecule has 8 heteroatoms. The van der Waals surface area contributed by atoms with Crippen LogP contribution in [0.2, 0.25) is 5.02 Å². The van der Waals surface area contributed by atoms with Gasteiger partial charge in [-0.1, -0.05) is 37.4 Å². The quantitative estimate of drug-likeness (QED) is 0.742. The molecule has 0 bridgehead atoms. The van der Waals surface area contributed by atoms with Crippen molar-refractivity contribution in [1.29, 1.82) is 0 Å². The van der Waals surface area contributed by atoms with E-state index in [1.165, 1.54) is 29.6 Å². The lowest BCUT2D eigenvalue weighted by atomic mass is 9.86. The number of sulfonamides is 1. The maximum Gasteiger partial charge on any atom is 0.278 e. The van der Waals surface area contributed by atoms with E-state index >= 15 is 0 Å². The van der Waals surface area contributed by atoms with Gasteiger partial charge in [0, 0.05) is 11.1 Å². The highest BCUT2D eigenvalue weighted by Crippen LogP contribution is 2.23.